The molecule has 0 bridgehead atoms. The minimum absolute atomic E-state index is 0.452. The molecule has 0 saturated heterocycles. The van der Waals surface area contributed by atoms with Crippen LogP contribution in [0.15, 0.2) is 32.8 Å². The van der Waals surface area contributed by atoms with Crippen LogP contribution in [0.3, 0.4) is 0 Å². The molecule has 0 aliphatic heterocycles. The molecule has 3 aromatic rings. The van der Waals surface area contributed by atoms with E-state index in [9.17, 15) is 0 Å². The summed E-state index contributed by atoms with van der Waals surface area (Å²) in [4.78, 5) is 1.09. The second-order valence-electron chi connectivity index (χ2n) is 3.72. The second kappa shape index (κ2) is 4.01. The van der Waals surface area contributed by atoms with Gasteiger partial charge in [0.1, 0.15) is 0 Å². The molecular weight excluding hydrogens is 252 g/mol. The summed E-state index contributed by atoms with van der Waals surface area (Å²) in [5, 5.41) is 10.1. The Bertz CT molecular complexity index is 637. The van der Waals surface area contributed by atoms with Gasteiger partial charge in [-0.05, 0) is 29.3 Å². The van der Waals surface area contributed by atoms with E-state index >= 15 is 0 Å². The molecule has 5 heteroatoms. The number of aromatic nitrogens is 1. The summed E-state index contributed by atoms with van der Waals surface area (Å²) in [6.07, 6.45) is 0. The van der Waals surface area contributed by atoms with Crippen LogP contribution >= 0.6 is 22.7 Å². The first-order valence-corrected chi connectivity index (χ1v) is 6.92. The van der Waals surface area contributed by atoms with Crippen molar-refractivity contribution in [3.05, 3.63) is 33.8 Å². The highest BCUT2D eigenvalue weighted by molar-refractivity contribution is 7.13. The third kappa shape index (κ3) is 1.67. The van der Waals surface area contributed by atoms with E-state index in [4.69, 9.17) is 10.3 Å². The molecule has 0 fully saturated rings. The molecule has 0 aliphatic rings. The molecule has 0 unspecified atom stereocenters. The quantitative estimate of drug-likeness (QED) is 0.758. The van der Waals surface area contributed by atoms with Gasteiger partial charge in [-0.15, -0.1) is 11.3 Å². The van der Waals surface area contributed by atoms with Gasteiger partial charge in [0.05, 0.1) is 5.56 Å². The zero-order chi connectivity index (χ0) is 11.8. The minimum Gasteiger partial charge on any atom is -0.380 e. The lowest BCUT2D eigenvalue weighted by molar-refractivity contribution is 0.436. The number of hydrogen-bond donors (Lipinski definition) is 1. The van der Waals surface area contributed by atoms with Gasteiger partial charge in [0.15, 0.2) is 11.6 Å². The minimum atomic E-state index is 0.452. The molecule has 3 nitrogen and oxygen atoms in total. The summed E-state index contributed by atoms with van der Waals surface area (Å²) in [5.74, 6) is 1.22. The first kappa shape index (κ1) is 10.6. The molecule has 86 valence electrons. The SMILES string of the molecule is Cc1cscc1-c1onc(N)c1-c1cccs1. The summed E-state index contributed by atoms with van der Waals surface area (Å²) < 4.78 is 5.38. The third-order valence-corrected chi connectivity index (χ3v) is 4.34. The topological polar surface area (TPSA) is 52.0 Å². The summed E-state index contributed by atoms with van der Waals surface area (Å²) in [6, 6.07) is 4.02. The molecule has 0 spiro atoms. The average Bonchev–Trinajstić information content (AvgIpc) is 2.98. The molecule has 0 radical (unpaired) electrons. The molecule has 3 heterocycles. The number of nitrogens with zero attached hydrogens (tertiary/aromatic N) is 1. The maximum Gasteiger partial charge on any atom is 0.178 e. The average molecular weight is 262 g/mol. The monoisotopic (exact) mass is 262 g/mol. The van der Waals surface area contributed by atoms with Crippen molar-refractivity contribution < 1.29 is 4.52 Å². The zero-order valence-corrected chi connectivity index (χ0v) is 10.8. The van der Waals surface area contributed by atoms with Crippen LogP contribution in [0.1, 0.15) is 5.56 Å². The fourth-order valence-corrected chi connectivity index (χ4v) is 3.34. The van der Waals surface area contributed by atoms with Gasteiger partial charge < -0.3 is 10.3 Å². The summed E-state index contributed by atoms with van der Waals surface area (Å²) >= 11 is 3.29. The number of thiophene rings is 2. The van der Waals surface area contributed by atoms with Crippen LogP contribution in [0.4, 0.5) is 5.82 Å². The molecule has 17 heavy (non-hydrogen) atoms. The van der Waals surface area contributed by atoms with E-state index in [1.54, 1.807) is 22.7 Å². The molecule has 0 amide bonds. The van der Waals surface area contributed by atoms with Crippen LogP contribution in [0.2, 0.25) is 0 Å². The Balaban J connectivity index is 2.23. The van der Waals surface area contributed by atoms with Gasteiger partial charge in [-0.25, -0.2) is 0 Å². The fraction of sp³-hybridized carbons (Fsp3) is 0.0833. The van der Waals surface area contributed by atoms with Gasteiger partial charge >= 0.3 is 0 Å². The number of hydrogen-bond acceptors (Lipinski definition) is 5. The van der Waals surface area contributed by atoms with Crippen molar-refractivity contribution in [2.75, 3.05) is 5.73 Å². The van der Waals surface area contributed by atoms with E-state index in [-0.39, 0.29) is 0 Å². The van der Waals surface area contributed by atoms with E-state index < -0.39 is 0 Å². The van der Waals surface area contributed by atoms with E-state index in [1.807, 2.05) is 17.5 Å². The van der Waals surface area contributed by atoms with Crippen LogP contribution in [0, 0.1) is 6.92 Å². The molecule has 3 rings (SSSR count). The highest BCUT2D eigenvalue weighted by Crippen LogP contribution is 2.40. The van der Waals surface area contributed by atoms with Crippen molar-refractivity contribution in [1.29, 1.82) is 0 Å². The molecular formula is C12H10N2OS2. The van der Waals surface area contributed by atoms with Crippen molar-refractivity contribution in [2.24, 2.45) is 0 Å². The predicted molar refractivity (Wildman–Crippen MR) is 72.3 cm³/mol. The van der Waals surface area contributed by atoms with Crippen molar-refractivity contribution in [1.82, 2.24) is 5.16 Å². The smallest absolute Gasteiger partial charge is 0.178 e. The van der Waals surface area contributed by atoms with Gasteiger partial charge in [0, 0.05) is 15.8 Å². The van der Waals surface area contributed by atoms with Crippen LogP contribution in [0.25, 0.3) is 21.8 Å². The first-order valence-electron chi connectivity index (χ1n) is 5.09. The third-order valence-electron chi connectivity index (χ3n) is 2.59. The van der Waals surface area contributed by atoms with Crippen LogP contribution < -0.4 is 5.73 Å². The van der Waals surface area contributed by atoms with E-state index in [0.717, 1.165) is 21.8 Å². The number of anilines is 1. The Morgan fingerprint density at radius 3 is 2.88 bits per heavy atom. The standard InChI is InChI=1S/C12H10N2OS2/c1-7-5-16-6-8(7)11-10(12(13)14-15-11)9-3-2-4-17-9/h2-6H,1H3,(H2,13,14). The second-order valence-corrected chi connectivity index (χ2v) is 5.41. The van der Waals surface area contributed by atoms with Crippen LogP contribution in [0.5, 0.6) is 0 Å². The number of nitrogens with two attached hydrogens (primary N) is 1. The lowest BCUT2D eigenvalue weighted by Gasteiger charge is -1.98. The van der Waals surface area contributed by atoms with Gasteiger partial charge in [-0.2, -0.15) is 11.3 Å². The van der Waals surface area contributed by atoms with Gasteiger partial charge in [-0.1, -0.05) is 11.2 Å². The van der Waals surface area contributed by atoms with Crippen molar-refractivity contribution in [2.45, 2.75) is 6.92 Å². The highest BCUT2D eigenvalue weighted by Gasteiger charge is 2.19. The number of rotatable bonds is 2. The lowest BCUT2D eigenvalue weighted by atomic mass is 10.1. The first-order chi connectivity index (χ1) is 8.27. The maximum atomic E-state index is 5.89. The molecule has 0 saturated carbocycles. The van der Waals surface area contributed by atoms with Crippen molar-refractivity contribution in [3.8, 4) is 21.8 Å². The van der Waals surface area contributed by atoms with E-state index in [0.29, 0.717) is 5.82 Å². The summed E-state index contributed by atoms with van der Waals surface area (Å²) in [6.45, 7) is 2.06. The van der Waals surface area contributed by atoms with Gasteiger partial charge in [0.25, 0.3) is 0 Å². The maximum absolute atomic E-state index is 5.89. The Hall–Kier alpha value is -1.59. The normalized spacial score (nSPS) is 10.9. The van der Waals surface area contributed by atoms with Crippen molar-refractivity contribution >= 4 is 28.5 Å². The Morgan fingerprint density at radius 1 is 1.35 bits per heavy atom. The molecule has 0 atom stereocenters. The largest absolute Gasteiger partial charge is 0.380 e. The predicted octanol–water partition coefficient (Wildman–Crippen LogP) is 4.02. The zero-order valence-electron chi connectivity index (χ0n) is 9.14. The van der Waals surface area contributed by atoms with Gasteiger partial charge in [0.2, 0.25) is 0 Å². The van der Waals surface area contributed by atoms with Gasteiger partial charge in [-0.3, -0.25) is 0 Å². The summed E-state index contributed by atoms with van der Waals surface area (Å²) in [7, 11) is 0. The van der Waals surface area contributed by atoms with Crippen molar-refractivity contribution in [3.63, 3.8) is 0 Å². The summed E-state index contributed by atoms with van der Waals surface area (Å²) in [5.41, 5.74) is 9.05. The molecule has 0 aliphatic carbocycles. The Morgan fingerprint density at radius 2 is 2.24 bits per heavy atom. The highest BCUT2D eigenvalue weighted by atomic mass is 32.1. The van der Waals surface area contributed by atoms with Crippen LogP contribution in [-0.4, -0.2) is 5.16 Å². The molecule has 2 N–H and O–H groups in total. The Labute approximate surface area is 106 Å². The van der Waals surface area contributed by atoms with E-state index in [1.165, 1.54) is 5.56 Å². The molecule has 3 aromatic heterocycles. The molecule has 0 aromatic carbocycles. The number of nitrogen functional groups attached to an aromatic ring is 1. The number of aryl methyl sites for hydroxylation is 1. The van der Waals surface area contributed by atoms with Crippen LogP contribution in [-0.2, 0) is 0 Å². The Kier molecular flexibility index (Phi) is 2.49. The lowest BCUT2D eigenvalue weighted by Crippen LogP contribution is -1.86. The fourth-order valence-electron chi connectivity index (χ4n) is 1.74. The van der Waals surface area contributed by atoms with E-state index in [2.05, 4.69) is 22.8 Å².